The van der Waals surface area contributed by atoms with E-state index in [2.05, 4.69) is 48.0 Å². The highest BCUT2D eigenvalue weighted by atomic mass is 79.9. The third kappa shape index (κ3) is 3.17. The van der Waals surface area contributed by atoms with E-state index in [4.69, 9.17) is 10.5 Å². The van der Waals surface area contributed by atoms with E-state index in [1.165, 1.54) is 11.1 Å². The summed E-state index contributed by atoms with van der Waals surface area (Å²) in [6, 6.07) is 12.2. The normalized spacial score (nSPS) is 12.3. The minimum absolute atomic E-state index is 0.140. The predicted molar refractivity (Wildman–Crippen MR) is 82.6 cm³/mol. The lowest BCUT2D eigenvalue weighted by Gasteiger charge is -2.16. The SMILES string of the molecule is COc1ccc(C(N)c2cc(C)cc(C)c2)c(Br)c1. The number of aryl methyl sites for hydroxylation is 2. The van der Waals surface area contributed by atoms with Crippen molar-refractivity contribution < 1.29 is 4.74 Å². The van der Waals surface area contributed by atoms with Gasteiger partial charge in [-0.1, -0.05) is 51.3 Å². The van der Waals surface area contributed by atoms with Gasteiger partial charge < -0.3 is 10.5 Å². The molecule has 0 spiro atoms. The quantitative estimate of drug-likeness (QED) is 0.923. The molecule has 0 amide bonds. The van der Waals surface area contributed by atoms with Crippen LogP contribution in [0.2, 0.25) is 0 Å². The molecule has 3 heteroatoms. The highest BCUT2D eigenvalue weighted by Gasteiger charge is 2.13. The summed E-state index contributed by atoms with van der Waals surface area (Å²) in [4.78, 5) is 0. The van der Waals surface area contributed by atoms with E-state index >= 15 is 0 Å². The standard InChI is InChI=1S/C16H18BrNO/c1-10-6-11(2)8-12(7-10)16(18)14-5-4-13(19-3)9-15(14)17/h4-9,16H,18H2,1-3H3. The molecule has 2 N–H and O–H groups in total. The summed E-state index contributed by atoms with van der Waals surface area (Å²) >= 11 is 3.56. The second kappa shape index (κ2) is 5.76. The first-order valence-electron chi connectivity index (χ1n) is 6.18. The summed E-state index contributed by atoms with van der Waals surface area (Å²) in [7, 11) is 1.66. The lowest BCUT2D eigenvalue weighted by atomic mass is 9.96. The molecule has 0 aliphatic rings. The Morgan fingerprint density at radius 1 is 1.05 bits per heavy atom. The summed E-state index contributed by atoms with van der Waals surface area (Å²) in [5.74, 6) is 0.822. The minimum Gasteiger partial charge on any atom is -0.497 e. The Hall–Kier alpha value is -1.32. The first kappa shape index (κ1) is 14.1. The Labute approximate surface area is 122 Å². The van der Waals surface area contributed by atoms with E-state index in [9.17, 15) is 0 Å². The van der Waals surface area contributed by atoms with Gasteiger partial charge in [0.05, 0.1) is 13.2 Å². The Kier molecular flexibility index (Phi) is 4.27. The third-order valence-electron chi connectivity index (χ3n) is 3.15. The topological polar surface area (TPSA) is 35.2 Å². The number of ether oxygens (including phenoxy) is 1. The zero-order valence-corrected chi connectivity index (χ0v) is 13.0. The molecule has 0 heterocycles. The molecule has 0 aromatic heterocycles. The van der Waals surface area contributed by atoms with Crippen molar-refractivity contribution in [2.45, 2.75) is 19.9 Å². The second-order valence-corrected chi connectivity index (χ2v) is 5.64. The molecule has 0 saturated heterocycles. The number of benzene rings is 2. The highest BCUT2D eigenvalue weighted by molar-refractivity contribution is 9.10. The van der Waals surface area contributed by atoms with Crippen LogP contribution in [-0.4, -0.2) is 7.11 Å². The molecule has 0 saturated carbocycles. The van der Waals surface area contributed by atoms with Crippen molar-refractivity contribution in [1.82, 2.24) is 0 Å². The van der Waals surface area contributed by atoms with Gasteiger partial charge in [0, 0.05) is 4.47 Å². The summed E-state index contributed by atoms with van der Waals surface area (Å²) in [5, 5.41) is 0. The largest absolute Gasteiger partial charge is 0.497 e. The van der Waals surface area contributed by atoms with Gasteiger partial charge in [-0.05, 0) is 37.1 Å². The summed E-state index contributed by atoms with van der Waals surface area (Å²) in [6.45, 7) is 4.18. The van der Waals surface area contributed by atoms with Crippen LogP contribution in [0, 0.1) is 13.8 Å². The zero-order valence-electron chi connectivity index (χ0n) is 11.4. The molecule has 0 bridgehead atoms. The van der Waals surface area contributed by atoms with Crippen molar-refractivity contribution in [2.75, 3.05) is 7.11 Å². The maximum atomic E-state index is 6.38. The van der Waals surface area contributed by atoms with Crippen LogP contribution in [0.5, 0.6) is 5.75 Å². The average Bonchev–Trinajstić information content (AvgIpc) is 2.36. The van der Waals surface area contributed by atoms with E-state index in [-0.39, 0.29) is 6.04 Å². The zero-order chi connectivity index (χ0) is 14.0. The molecule has 100 valence electrons. The maximum Gasteiger partial charge on any atom is 0.120 e. The summed E-state index contributed by atoms with van der Waals surface area (Å²) < 4.78 is 6.17. The van der Waals surface area contributed by atoms with Crippen LogP contribution in [0.1, 0.15) is 28.3 Å². The molecular formula is C16H18BrNO. The molecule has 0 radical (unpaired) electrons. The van der Waals surface area contributed by atoms with Crippen LogP contribution in [-0.2, 0) is 0 Å². The molecule has 2 aromatic carbocycles. The fourth-order valence-electron chi connectivity index (χ4n) is 2.26. The Morgan fingerprint density at radius 3 is 2.21 bits per heavy atom. The number of nitrogens with two attached hydrogens (primary N) is 1. The van der Waals surface area contributed by atoms with Gasteiger partial charge >= 0.3 is 0 Å². The van der Waals surface area contributed by atoms with E-state index in [1.54, 1.807) is 7.11 Å². The Morgan fingerprint density at radius 2 is 1.68 bits per heavy atom. The van der Waals surface area contributed by atoms with Gasteiger partial charge in [-0.15, -0.1) is 0 Å². The fourth-order valence-corrected chi connectivity index (χ4v) is 2.86. The first-order chi connectivity index (χ1) is 9.01. The first-order valence-corrected chi connectivity index (χ1v) is 6.98. The fraction of sp³-hybridized carbons (Fsp3) is 0.250. The van der Waals surface area contributed by atoms with Crippen molar-refractivity contribution in [3.05, 3.63) is 63.1 Å². The Balaban J connectivity index is 2.40. The van der Waals surface area contributed by atoms with Crippen LogP contribution >= 0.6 is 15.9 Å². The lowest BCUT2D eigenvalue weighted by molar-refractivity contribution is 0.414. The maximum absolute atomic E-state index is 6.38. The molecule has 0 aliphatic heterocycles. The van der Waals surface area contributed by atoms with Gasteiger partial charge in [-0.2, -0.15) is 0 Å². The lowest BCUT2D eigenvalue weighted by Crippen LogP contribution is -2.13. The molecule has 1 atom stereocenters. The molecule has 2 aromatic rings. The number of methoxy groups -OCH3 is 1. The average molecular weight is 320 g/mol. The van der Waals surface area contributed by atoms with Crippen LogP contribution < -0.4 is 10.5 Å². The van der Waals surface area contributed by atoms with Crippen LogP contribution in [0.15, 0.2) is 40.9 Å². The smallest absolute Gasteiger partial charge is 0.120 e. The van der Waals surface area contributed by atoms with Gasteiger partial charge in [0.1, 0.15) is 5.75 Å². The van der Waals surface area contributed by atoms with Gasteiger partial charge in [0.25, 0.3) is 0 Å². The molecule has 2 nitrogen and oxygen atoms in total. The van der Waals surface area contributed by atoms with E-state index in [0.717, 1.165) is 21.3 Å². The number of hydrogen-bond acceptors (Lipinski definition) is 2. The second-order valence-electron chi connectivity index (χ2n) is 4.79. The predicted octanol–water partition coefficient (Wildman–Crippen LogP) is 4.12. The van der Waals surface area contributed by atoms with E-state index < -0.39 is 0 Å². The van der Waals surface area contributed by atoms with Gasteiger partial charge in [-0.3, -0.25) is 0 Å². The summed E-state index contributed by atoms with van der Waals surface area (Å²) in [6.07, 6.45) is 0. The molecule has 19 heavy (non-hydrogen) atoms. The summed E-state index contributed by atoms with van der Waals surface area (Å²) in [5.41, 5.74) is 11.0. The molecule has 2 rings (SSSR count). The van der Waals surface area contributed by atoms with E-state index in [1.807, 2.05) is 18.2 Å². The monoisotopic (exact) mass is 319 g/mol. The number of rotatable bonds is 3. The molecule has 0 fully saturated rings. The number of hydrogen-bond donors (Lipinski definition) is 1. The van der Waals surface area contributed by atoms with Crippen molar-refractivity contribution in [3.63, 3.8) is 0 Å². The number of halogens is 1. The van der Waals surface area contributed by atoms with Gasteiger partial charge in [0.2, 0.25) is 0 Å². The third-order valence-corrected chi connectivity index (χ3v) is 3.83. The molecular weight excluding hydrogens is 302 g/mol. The minimum atomic E-state index is -0.140. The highest BCUT2D eigenvalue weighted by Crippen LogP contribution is 2.30. The van der Waals surface area contributed by atoms with Crippen LogP contribution in [0.4, 0.5) is 0 Å². The molecule has 0 aliphatic carbocycles. The van der Waals surface area contributed by atoms with Crippen molar-refractivity contribution in [2.24, 2.45) is 5.73 Å². The van der Waals surface area contributed by atoms with Crippen molar-refractivity contribution >= 4 is 15.9 Å². The van der Waals surface area contributed by atoms with E-state index in [0.29, 0.717) is 0 Å². The molecule has 1 unspecified atom stereocenters. The Bertz CT molecular complexity index is 575. The van der Waals surface area contributed by atoms with Crippen LogP contribution in [0.25, 0.3) is 0 Å². The van der Waals surface area contributed by atoms with Gasteiger partial charge in [-0.25, -0.2) is 0 Å². The van der Waals surface area contributed by atoms with Crippen molar-refractivity contribution in [3.8, 4) is 5.75 Å². The van der Waals surface area contributed by atoms with Crippen LogP contribution in [0.3, 0.4) is 0 Å². The van der Waals surface area contributed by atoms with Gasteiger partial charge in [0.15, 0.2) is 0 Å². The van der Waals surface area contributed by atoms with Crippen molar-refractivity contribution in [1.29, 1.82) is 0 Å².